The summed E-state index contributed by atoms with van der Waals surface area (Å²) in [7, 11) is 0. The van der Waals surface area contributed by atoms with Crippen LogP contribution in [0.1, 0.15) is 38.0 Å². The first kappa shape index (κ1) is 24.7. The Balaban J connectivity index is 1.63. The van der Waals surface area contributed by atoms with E-state index in [2.05, 4.69) is 0 Å². The second-order valence-electron chi connectivity index (χ2n) is 9.12. The monoisotopic (exact) mass is 494 g/mol. The van der Waals surface area contributed by atoms with E-state index in [1.807, 2.05) is 60.7 Å². The van der Waals surface area contributed by atoms with E-state index in [9.17, 15) is 19.2 Å². The number of benzene rings is 2. The molecule has 0 spiro atoms. The molecule has 9 heteroatoms. The number of carbonyl (C=O) groups is 4. The lowest BCUT2D eigenvalue weighted by Crippen LogP contribution is -2.70. The zero-order chi connectivity index (χ0) is 25.2. The molecule has 0 bridgehead atoms. The summed E-state index contributed by atoms with van der Waals surface area (Å²) < 4.78 is 5.92. The lowest BCUT2D eigenvalue weighted by atomic mass is 10.0. The molecule has 2 heterocycles. The molecule has 182 valence electrons. The smallest absolute Gasteiger partial charge is 0.356 e. The fourth-order valence-corrected chi connectivity index (χ4v) is 5.34. The summed E-state index contributed by atoms with van der Waals surface area (Å²) in [5.74, 6) is -1.10. The predicted molar refractivity (Wildman–Crippen MR) is 130 cm³/mol. The Morgan fingerprint density at radius 3 is 2.11 bits per heavy atom. The number of fused-ring (bicyclic) bond motifs is 1. The maximum atomic E-state index is 13.5. The van der Waals surface area contributed by atoms with E-state index in [1.54, 1.807) is 20.8 Å². The van der Waals surface area contributed by atoms with Crippen molar-refractivity contribution >= 4 is 36.3 Å². The molecule has 8 nitrogen and oxygen atoms in total. The second-order valence-corrected chi connectivity index (χ2v) is 10.2. The molecule has 2 aliphatic rings. The molecular weight excluding hydrogens is 468 g/mol. The van der Waals surface area contributed by atoms with Crippen LogP contribution in [0.4, 0.5) is 0 Å². The predicted octanol–water partition coefficient (Wildman–Crippen LogP) is 3.24. The van der Waals surface area contributed by atoms with Gasteiger partial charge in [0.2, 0.25) is 6.41 Å². The number of esters is 1. The number of ether oxygens (including phenoxy) is 1. The van der Waals surface area contributed by atoms with Crippen LogP contribution in [0, 0.1) is 0 Å². The molecule has 1 fully saturated rings. The Kier molecular flexibility index (Phi) is 7.09. The van der Waals surface area contributed by atoms with Crippen molar-refractivity contribution in [3.8, 4) is 0 Å². The summed E-state index contributed by atoms with van der Waals surface area (Å²) in [6, 6.07) is 17.6. The molecule has 0 aliphatic carbocycles. The number of hydrogen-bond donors (Lipinski definition) is 0. The van der Waals surface area contributed by atoms with Crippen LogP contribution in [-0.4, -0.2) is 57.3 Å². The topological polar surface area (TPSA) is 93.2 Å². The molecule has 2 aromatic carbocycles. The average molecular weight is 495 g/mol. The molecule has 0 radical (unpaired) electrons. The Hall–Kier alpha value is -3.43. The minimum atomic E-state index is -0.910. The number of amides is 2. The van der Waals surface area contributed by atoms with Gasteiger partial charge in [-0.2, -0.15) is 0 Å². The van der Waals surface area contributed by atoms with Crippen LogP contribution in [0.15, 0.2) is 71.9 Å². The highest BCUT2D eigenvalue weighted by Crippen LogP contribution is 2.43. The average Bonchev–Trinajstić information content (AvgIpc) is 2.86. The summed E-state index contributed by atoms with van der Waals surface area (Å²) in [6.07, 6.45) is 0.300. The van der Waals surface area contributed by atoms with Crippen LogP contribution in [0.5, 0.6) is 0 Å². The van der Waals surface area contributed by atoms with E-state index in [-0.39, 0.29) is 17.0 Å². The third-order valence-electron chi connectivity index (χ3n) is 5.49. The lowest BCUT2D eigenvalue weighted by molar-refractivity contribution is -0.245. The van der Waals surface area contributed by atoms with Crippen molar-refractivity contribution in [3.63, 3.8) is 0 Å². The number of β-lactam (4-membered cyclic amide) rings is 1. The van der Waals surface area contributed by atoms with Crippen molar-refractivity contribution in [1.82, 2.24) is 9.96 Å². The third kappa shape index (κ3) is 5.01. The van der Waals surface area contributed by atoms with Gasteiger partial charge >= 0.3 is 5.97 Å². The van der Waals surface area contributed by atoms with Crippen LogP contribution in [0.2, 0.25) is 0 Å². The molecule has 2 atom stereocenters. The van der Waals surface area contributed by atoms with E-state index in [4.69, 9.17) is 9.57 Å². The van der Waals surface area contributed by atoms with E-state index in [0.29, 0.717) is 12.7 Å². The van der Waals surface area contributed by atoms with Gasteiger partial charge in [-0.1, -0.05) is 60.7 Å². The van der Waals surface area contributed by atoms with Gasteiger partial charge in [-0.05, 0) is 31.9 Å². The van der Waals surface area contributed by atoms with Crippen molar-refractivity contribution in [1.29, 1.82) is 0 Å². The van der Waals surface area contributed by atoms with Crippen molar-refractivity contribution < 1.29 is 28.8 Å². The van der Waals surface area contributed by atoms with Crippen molar-refractivity contribution in [2.24, 2.45) is 0 Å². The zero-order valence-corrected chi connectivity index (χ0v) is 20.4. The number of hydrogen-bond acceptors (Lipinski definition) is 7. The molecule has 1 saturated heterocycles. The number of rotatable bonds is 8. The van der Waals surface area contributed by atoms with Gasteiger partial charge < -0.3 is 4.74 Å². The summed E-state index contributed by atoms with van der Waals surface area (Å²) in [5.41, 5.74) is 0.868. The minimum absolute atomic E-state index is 0.0940. The molecule has 0 saturated carbocycles. The Morgan fingerprint density at radius 1 is 1.06 bits per heavy atom. The van der Waals surface area contributed by atoms with Gasteiger partial charge in [-0.15, -0.1) is 11.8 Å². The van der Waals surface area contributed by atoms with Crippen LogP contribution in [0.3, 0.4) is 0 Å². The molecule has 0 aromatic heterocycles. The van der Waals surface area contributed by atoms with E-state index < -0.39 is 35.0 Å². The van der Waals surface area contributed by atoms with E-state index in [1.165, 1.54) is 16.7 Å². The van der Waals surface area contributed by atoms with Crippen LogP contribution < -0.4 is 0 Å². The van der Waals surface area contributed by atoms with Gasteiger partial charge in [0.25, 0.3) is 5.91 Å². The molecule has 0 unspecified atom stereocenters. The Morgan fingerprint density at radius 2 is 1.63 bits per heavy atom. The molecule has 0 N–H and O–H groups in total. The number of thioether (sulfide) groups is 1. The molecule has 2 aliphatic heterocycles. The quantitative estimate of drug-likeness (QED) is 0.241. The highest BCUT2D eigenvalue weighted by Gasteiger charge is 2.57. The molecule has 2 aromatic rings. The first-order chi connectivity index (χ1) is 16.7. The molecule has 35 heavy (non-hydrogen) atoms. The SMILES string of the molecule is CC(C)(C)ON(C=O)[C@@H]1C(=O)N2C(C(=O)OC(c3ccccc3)c3ccccc3)=C(C=O)CS[C@H]12. The highest BCUT2D eigenvalue weighted by atomic mass is 32.2. The number of hydroxylamine groups is 2. The third-order valence-corrected chi connectivity index (χ3v) is 6.78. The molecular formula is C26H26N2O6S. The summed E-state index contributed by atoms with van der Waals surface area (Å²) in [6.45, 7) is 5.29. The largest absolute Gasteiger partial charge is 0.448 e. The van der Waals surface area contributed by atoms with Gasteiger partial charge in [-0.25, -0.2) is 9.86 Å². The molecule has 2 amide bonds. The lowest BCUT2D eigenvalue weighted by Gasteiger charge is -2.51. The van der Waals surface area contributed by atoms with Crippen molar-refractivity contribution in [3.05, 3.63) is 83.1 Å². The second kappa shape index (κ2) is 10.1. The fourth-order valence-electron chi connectivity index (χ4n) is 4.01. The standard InChI is InChI=1S/C26H26N2O6S/c1-26(2,3)34-27(16-30)21-23(31)28-20(19(14-29)15-35-24(21)28)25(32)33-22(17-10-6-4-7-11-17)18-12-8-5-9-13-18/h4-14,16,21-22,24H,15H2,1-3H3/t21-,24-/m1/s1. The van der Waals surface area contributed by atoms with Gasteiger partial charge in [-0.3, -0.25) is 24.1 Å². The molecule has 4 rings (SSSR count). The van der Waals surface area contributed by atoms with E-state index >= 15 is 0 Å². The van der Waals surface area contributed by atoms with Crippen LogP contribution >= 0.6 is 11.8 Å². The van der Waals surface area contributed by atoms with Gasteiger partial charge in [0, 0.05) is 11.3 Å². The summed E-state index contributed by atoms with van der Waals surface area (Å²) in [4.78, 5) is 57.0. The van der Waals surface area contributed by atoms with E-state index in [0.717, 1.165) is 16.2 Å². The van der Waals surface area contributed by atoms with Crippen molar-refractivity contribution in [2.45, 2.75) is 43.9 Å². The van der Waals surface area contributed by atoms with Gasteiger partial charge in [0.05, 0.1) is 5.60 Å². The maximum absolute atomic E-state index is 13.5. The highest BCUT2D eigenvalue weighted by molar-refractivity contribution is 8.00. The van der Waals surface area contributed by atoms with Gasteiger partial charge in [0.1, 0.15) is 17.4 Å². The fraction of sp³-hybridized carbons (Fsp3) is 0.308. The normalized spacial score (nSPS) is 19.7. The Labute approximate surface area is 207 Å². The zero-order valence-electron chi connectivity index (χ0n) is 19.6. The Bertz CT molecular complexity index is 1110. The number of nitrogens with zero attached hydrogens (tertiary/aromatic N) is 2. The number of aldehydes is 1. The minimum Gasteiger partial charge on any atom is -0.448 e. The van der Waals surface area contributed by atoms with Crippen LogP contribution in [0.25, 0.3) is 0 Å². The first-order valence-electron chi connectivity index (χ1n) is 11.1. The van der Waals surface area contributed by atoms with Crippen LogP contribution in [-0.2, 0) is 28.8 Å². The summed E-state index contributed by atoms with van der Waals surface area (Å²) in [5, 5.41) is 0.412. The first-order valence-corrected chi connectivity index (χ1v) is 12.2. The summed E-state index contributed by atoms with van der Waals surface area (Å²) >= 11 is 1.29. The van der Waals surface area contributed by atoms with Crippen molar-refractivity contribution in [2.75, 3.05) is 5.75 Å². The maximum Gasteiger partial charge on any atom is 0.356 e. The van der Waals surface area contributed by atoms with Gasteiger partial charge in [0.15, 0.2) is 12.1 Å². The number of carbonyl (C=O) groups excluding carboxylic acids is 4.